The molecule has 0 aliphatic carbocycles. The smallest absolute Gasteiger partial charge is 0.200 e. The number of rotatable bonds is 3. The molecule has 2 aromatic rings. The van der Waals surface area contributed by atoms with Gasteiger partial charge in [0.25, 0.3) is 0 Å². The molecular formula is C16H15NO3S. The third-order valence-corrected chi connectivity index (χ3v) is 4.99. The van der Waals surface area contributed by atoms with E-state index in [4.69, 9.17) is 10.5 Å². The molecule has 0 unspecified atom stereocenters. The molecule has 1 aliphatic rings. The summed E-state index contributed by atoms with van der Waals surface area (Å²) in [5, 5.41) is 1.26. The zero-order valence-electron chi connectivity index (χ0n) is 11.5. The van der Waals surface area contributed by atoms with Gasteiger partial charge in [0, 0.05) is 22.2 Å². The highest BCUT2D eigenvalue weighted by atomic mass is 32.2. The number of aryl methyl sites for hydroxylation is 1. The van der Waals surface area contributed by atoms with Gasteiger partial charge in [0.2, 0.25) is 9.84 Å². The van der Waals surface area contributed by atoms with E-state index in [1.165, 1.54) is 11.5 Å². The normalized spacial score (nSPS) is 15.4. The molecule has 1 heterocycles. The number of anilines is 1. The second-order valence-electron chi connectivity index (χ2n) is 5.00. The van der Waals surface area contributed by atoms with Gasteiger partial charge in [-0.1, -0.05) is 18.2 Å². The third-order valence-electron chi connectivity index (χ3n) is 3.43. The number of fused-ring (bicyclic) bond motifs is 1. The number of nitrogens with two attached hydrogens (primary N) is 1. The SMILES string of the molecule is Cc1ccccc1OCC1=CS(=O)(=O)c2ccc(N)cc21. The number of hydrogen-bond donors (Lipinski definition) is 1. The van der Waals surface area contributed by atoms with E-state index in [1.807, 2.05) is 31.2 Å². The Labute approximate surface area is 123 Å². The molecule has 0 atom stereocenters. The lowest BCUT2D eigenvalue weighted by Crippen LogP contribution is -2.01. The number of hydrogen-bond acceptors (Lipinski definition) is 4. The lowest BCUT2D eigenvalue weighted by molar-refractivity contribution is 0.367. The molecule has 108 valence electrons. The standard InChI is InChI=1S/C16H15NO3S/c1-11-4-2-3-5-15(11)20-9-12-10-21(18,19)16-7-6-13(17)8-14(12)16/h2-8,10H,9,17H2,1H3. The van der Waals surface area contributed by atoms with Gasteiger partial charge in [-0.3, -0.25) is 0 Å². The lowest BCUT2D eigenvalue weighted by Gasteiger charge is -2.10. The summed E-state index contributed by atoms with van der Waals surface area (Å²) in [6.07, 6.45) is 0. The molecule has 0 bridgehead atoms. The van der Waals surface area contributed by atoms with Gasteiger partial charge in [0.1, 0.15) is 12.4 Å². The van der Waals surface area contributed by atoms with Gasteiger partial charge in [0.15, 0.2) is 0 Å². The predicted molar refractivity (Wildman–Crippen MR) is 82.7 cm³/mol. The number of para-hydroxylation sites is 1. The highest BCUT2D eigenvalue weighted by Gasteiger charge is 2.27. The number of sulfone groups is 1. The van der Waals surface area contributed by atoms with Crippen LogP contribution in [-0.2, 0) is 9.84 Å². The molecule has 0 spiro atoms. The van der Waals surface area contributed by atoms with Crippen molar-refractivity contribution in [2.75, 3.05) is 12.3 Å². The van der Waals surface area contributed by atoms with Crippen LogP contribution in [0.15, 0.2) is 52.8 Å². The summed E-state index contributed by atoms with van der Waals surface area (Å²) in [7, 11) is -3.38. The van der Waals surface area contributed by atoms with Crippen molar-refractivity contribution in [1.82, 2.24) is 0 Å². The fraction of sp³-hybridized carbons (Fsp3) is 0.125. The summed E-state index contributed by atoms with van der Waals surface area (Å²) >= 11 is 0. The fourth-order valence-corrected chi connectivity index (χ4v) is 3.80. The fourth-order valence-electron chi connectivity index (χ4n) is 2.35. The van der Waals surface area contributed by atoms with Gasteiger partial charge in [-0.15, -0.1) is 0 Å². The molecule has 5 heteroatoms. The number of nitrogen functional groups attached to an aromatic ring is 1. The van der Waals surface area contributed by atoms with Crippen LogP contribution < -0.4 is 10.5 Å². The van der Waals surface area contributed by atoms with Gasteiger partial charge >= 0.3 is 0 Å². The van der Waals surface area contributed by atoms with Crippen molar-refractivity contribution in [3.05, 3.63) is 59.0 Å². The van der Waals surface area contributed by atoms with Crippen LogP contribution in [0.2, 0.25) is 0 Å². The van der Waals surface area contributed by atoms with E-state index in [2.05, 4.69) is 0 Å². The van der Waals surface area contributed by atoms with Gasteiger partial charge in [0.05, 0.1) is 4.90 Å². The molecule has 4 nitrogen and oxygen atoms in total. The van der Waals surface area contributed by atoms with E-state index in [1.54, 1.807) is 12.1 Å². The Kier molecular flexibility index (Phi) is 3.22. The molecule has 1 aliphatic heterocycles. The molecule has 0 aromatic heterocycles. The van der Waals surface area contributed by atoms with Gasteiger partial charge in [-0.2, -0.15) is 0 Å². The van der Waals surface area contributed by atoms with E-state index in [0.717, 1.165) is 11.3 Å². The minimum atomic E-state index is -3.38. The van der Waals surface area contributed by atoms with E-state index >= 15 is 0 Å². The predicted octanol–water partition coefficient (Wildman–Crippen LogP) is 2.78. The first-order valence-corrected chi connectivity index (χ1v) is 8.06. The minimum Gasteiger partial charge on any atom is -0.489 e. The van der Waals surface area contributed by atoms with Crippen LogP contribution in [-0.4, -0.2) is 15.0 Å². The van der Waals surface area contributed by atoms with Gasteiger partial charge < -0.3 is 10.5 Å². The van der Waals surface area contributed by atoms with E-state index < -0.39 is 9.84 Å². The Hall–Kier alpha value is -2.27. The van der Waals surface area contributed by atoms with Gasteiger partial charge in [-0.05, 0) is 36.8 Å². The first kappa shape index (κ1) is 13.7. The molecule has 0 saturated heterocycles. The summed E-state index contributed by atoms with van der Waals surface area (Å²) in [5.74, 6) is 0.744. The first-order chi connectivity index (χ1) is 9.97. The van der Waals surface area contributed by atoms with Crippen molar-refractivity contribution >= 4 is 21.1 Å². The molecule has 0 radical (unpaired) electrons. The Morgan fingerprint density at radius 3 is 2.67 bits per heavy atom. The molecule has 3 rings (SSSR count). The maximum Gasteiger partial charge on any atom is 0.200 e. The quantitative estimate of drug-likeness (QED) is 0.885. The average molecular weight is 301 g/mol. The van der Waals surface area contributed by atoms with Crippen LogP contribution >= 0.6 is 0 Å². The van der Waals surface area contributed by atoms with Gasteiger partial charge in [-0.25, -0.2) is 8.42 Å². The molecular weight excluding hydrogens is 286 g/mol. The Balaban J connectivity index is 1.91. The minimum absolute atomic E-state index is 0.195. The summed E-state index contributed by atoms with van der Waals surface area (Å²) in [5.41, 5.74) is 8.55. The molecule has 2 N–H and O–H groups in total. The third kappa shape index (κ3) is 2.52. The summed E-state index contributed by atoms with van der Waals surface area (Å²) in [6, 6.07) is 12.4. The Morgan fingerprint density at radius 1 is 1.14 bits per heavy atom. The molecule has 0 saturated carbocycles. The molecule has 2 aromatic carbocycles. The highest BCUT2D eigenvalue weighted by Crippen LogP contribution is 2.35. The molecule has 0 fully saturated rings. The zero-order valence-corrected chi connectivity index (χ0v) is 12.4. The largest absolute Gasteiger partial charge is 0.489 e. The zero-order chi connectivity index (χ0) is 15.0. The highest BCUT2D eigenvalue weighted by molar-refractivity contribution is 7.95. The van der Waals surface area contributed by atoms with Crippen molar-refractivity contribution < 1.29 is 13.2 Å². The summed E-state index contributed by atoms with van der Waals surface area (Å²) in [6.45, 7) is 2.14. The van der Waals surface area contributed by atoms with Crippen LogP contribution in [0.3, 0.4) is 0 Å². The van der Waals surface area contributed by atoms with E-state index in [9.17, 15) is 8.42 Å². The number of ether oxygens (including phenoxy) is 1. The maximum atomic E-state index is 12.1. The maximum absolute atomic E-state index is 12.1. The van der Waals surface area contributed by atoms with Crippen molar-refractivity contribution in [2.24, 2.45) is 0 Å². The molecule has 21 heavy (non-hydrogen) atoms. The number of benzene rings is 2. The monoisotopic (exact) mass is 301 g/mol. The summed E-state index contributed by atoms with van der Waals surface area (Å²) < 4.78 is 29.9. The van der Waals surface area contributed by atoms with Crippen molar-refractivity contribution in [2.45, 2.75) is 11.8 Å². The van der Waals surface area contributed by atoms with Crippen LogP contribution in [0.4, 0.5) is 5.69 Å². The Bertz CT molecular complexity index is 838. The van der Waals surface area contributed by atoms with Crippen LogP contribution in [0.1, 0.15) is 11.1 Å². The van der Waals surface area contributed by atoms with Crippen LogP contribution in [0.5, 0.6) is 5.75 Å². The first-order valence-electron chi connectivity index (χ1n) is 6.51. The summed E-state index contributed by atoms with van der Waals surface area (Å²) in [4.78, 5) is 0.292. The Morgan fingerprint density at radius 2 is 1.90 bits per heavy atom. The topological polar surface area (TPSA) is 69.4 Å². The lowest BCUT2D eigenvalue weighted by atomic mass is 10.1. The average Bonchev–Trinajstić information content (AvgIpc) is 2.69. The second kappa shape index (κ2) is 4.93. The van der Waals surface area contributed by atoms with Crippen LogP contribution in [0.25, 0.3) is 5.57 Å². The van der Waals surface area contributed by atoms with E-state index in [0.29, 0.717) is 21.7 Å². The second-order valence-corrected chi connectivity index (χ2v) is 6.76. The van der Waals surface area contributed by atoms with Crippen molar-refractivity contribution in [3.63, 3.8) is 0 Å². The van der Waals surface area contributed by atoms with Crippen molar-refractivity contribution in [3.8, 4) is 5.75 Å². The molecule has 0 amide bonds. The van der Waals surface area contributed by atoms with E-state index in [-0.39, 0.29) is 6.61 Å². The van der Waals surface area contributed by atoms with Crippen molar-refractivity contribution in [1.29, 1.82) is 0 Å². The van der Waals surface area contributed by atoms with Crippen LogP contribution in [0, 0.1) is 6.92 Å².